The first-order valence-corrected chi connectivity index (χ1v) is 10.9. The lowest BCUT2D eigenvalue weighted by atomic mass is 10.0. The molecule has 32 heavy (non-hydrogen) atoms. The Labute approximate surface area is 186 Å². The highest BCUT2D eigenvalue weighted by atomic mass is 19.1. The molecule has 0 atom stereocenters. The van der Waals surface area contributed by atoms with Crippen LogP contribution in [0, 0.1) is 5.82 Å². The summed E-state index contributed by atoms with van der Waals surface area (Å²) in [6.45, 7) is 5.55. The van der Waals surface area contributed by atoms with Crippen LogP contribution >= 0.6 is 0 Å². The largest absolute Gasteiger partial charge is 0.473 e. The molecule has 2 N–H and O–H groups in total. The van der Waals surface area contributed by atoms with E-state index < -0.39 is 11.9 Å². The molecule has 1 aliphatic heterocycles. The zero-order chi connectivity index (χ0) is 23.1. The highest BCUT2D eigenvalue weighted by Gasteiger charge is 2.21. The van der Waals surface area contributed by atoms with Crippen molar-refractivity contribution in [1.82, 2.24) is 9.47 Å². The molecule has 0 radical (unpaired) electrons. The number of rotatable bonds is 5. The number of aryl methyl sites for hydroxylation is 1. The smallest absolute Gasteiger partial charge is 0.414 e. The summed E-state index contributed by atoms with van der Waals surface area (Å²) in [5.74, 6) is -3.80. The average molecular weight is 441 g/mol. The van der Waals surface area contributed by atoms with Crippen molar-refractivity contribution in [3.63, 3.8) is 0 Å². The molecule has 1 aliphatic rings. The average Bonchev–Trinajstić information content (AvgIpc) is 3.22. The van der Waals surface area contributed by atoms with Gasteiger partial charge in [-0.1, -0.05) is 31.2 Å². The van der Waals surface area contributed by atoms with Crippen LogP contribution in [0.3, 0.4) is 0 Å². The summed E-state index contributed by atoms with van der Waals surface area (Å²) in [6, 6.07) is 16.6. The zero-order valence-electron chi connectivity index (χ0n) is 18.2. The van der Waals surface area contributed by atoms with Crippen LogP contribution in [0.1, 0.15) is 36.9 Å². The lowest BCUT2D eigenvalue weighted by Gasteiger charge is -2.33. The minimum absolute atomic E-state index is 0.153. The van der Waals surface area contributed by atoms with E-state index in [9.17, 15) is 4.39 Å². The molecule has 0 bridgehead atoms. The number of hydrogen-bond donors (Lipinski definition) is 2. The van der Waals surface area contributed by atoms with Crippen molar-refractivity contribution in [2.75, 3.05) is 19.6 Å². The van der Waals surface area contributed by atoms with Crippen molar-refractivity contribution >= 4 is 22.8 Å². The topological polar surface area (TPSA) is 82.8 Å². The number of benzene rings is 2. The highest BCUT2D eigenvalue weighted by molar-refractivity contribution is 6.27. The van der Waals surface area contributed by atoms with Crippen LogP contribution in [0.15, 0.2) is 54.7 Å². The maximum Gasteiger partial charge on any atom is 0.414 e. The summed E-state index contributed by atoms with van der Waals surface area (Å²) in [7, 11) is 0. The van der Waals surface area contributed by atoms with Gasteiger partial charge in [-0.2, -0.15) is 0 Å². The molecular formula is C25H29FN2O4. The highest BCUT2D eigenvalue weighted by Crippen LogP contribution is 2.28. The standard InChI is InChI=1S/C23H27FN2.C2H2O4/c1-2-18-3-6-20-10-16-26(23(20)17-18)22-11-14-25(15-12-22)13-9-19-4-7-21(24)8-5-19;3-1(4)2(5)6/h3-8,10,16-17,22H,2,9,11-15H2,1H3;(H,3,4)(H,5,6). The van der Waals surface area contributed by atoms with Crippen LogP contribution in [0.25, 0.3) is 10.9 Å². The second-order valence-electron chi connectivity index (χ2n) is 8.03. The van der Waals surface area contributed by atoms with Gasteiger partial charge in [-0.15, -0.1) is 0 Å². The molecule has 7 heteroatoms. The Morgan fingerprint density at radius 1 is 0.969 bits per heavy atom. The van der Waals surface area contributed by atoms with Crippen molar-refractivity contribution in [3.8, 4) is 0 Å². The number of likely N-dealkylation sites (tertiary alicyclic amines) is 1. The molecule has 170 valence electrons. The van der Waals surface area contributed by atoms with E-state index in [-0.39, 0.29) is 5.82 Å². The van der Waals surface area contributed by atoms with Gasteiger partial charge in [0.2, 0.25) is 0 Å². The number of fused-ring (bicyclic) bond motifs is 1. The summed E-state index contributed by atoms with van der Waals surface area (Å²) in [5.41, 5.74) is 4.01. The van der Waals surface area contributed by atoms with Crippen molar-refractivity contribution in [2.24, 2.45) is 0 Å². The number of hydrogen-bond acceptors (Lipinski definition) is 3. The second-order valence-corrected chi connectivity index (χ2v) is 8.03. The quantitative estimate of drug-likeness (QED) is 0.576. The third-order valence-corrected chi connectivity index (χ3v) is 5.96. The number of carboxylic acids is 2. The molecule has 0 amide bonds. The van der Waals surface area contributed by atoms with Gasteiger partial charge >= 0.3 is 11.9 Å². The van der Waals surface area contributed by atoms with Gasteiger partial charge in [0.25, 0.3) is 0 Å². The number of aliphatic carboxylic acids is 2. The van der Waals surface area contributed by atoms with Crippen LogP contribution in [0.4, 0.5) is 4.39 Å². The number of aromatic nitrogens is 1. The van der Waals surface area contributed by atoms with Gasteiger partial charge in [0.05, 0.1) is 0 Å². The maximum atomic E-state index is 13.0. The SMILES string of the molecule is CCc1ccc2ccn(C3CCN(CCc4ccc(F)cc4)CC3)c2c1.O=C(O)C(=O)O. The monoisotopic (exact) mass is 440 g/mol. The lowest BCUT2D eigenvalue weighted by molar-refractivity contribution is -0.159. The number of piperidine rings is 1. The van der Waals surface area contributed by atoms with Gasteiger partial charge in [0.1, 0.15) is 5.82 Å². The lowest BCUT2D eigenvalue weighted by Crippen LogP contribution is -2.35. The molecule has 2 aromatic carbocycles. The van der Waals surface area contributed by atoms with E-state index in [4.69, 9.17) is 19.8 Å². The molecular weight excluding hydrogens is 411 g/mol. The first-order chi connectivity index (χ1) is 15.4. The predicted octanol–water partition coefficient (Wildman–Crippen LogP) is 4.38. The second kappa shape index (κ2) is 10.9. The molecule has 1 saturated heterocycles. The molecule has 2 heterocycles. The normalized spacial score (nSPS) is 14.7. The molecule has 1 fully saturated rings. The van der Waals surface area contributed by atoms with Crippen molar-refractivity contribution < 1.29 is 24.2 Å². The van der Waals surface area contributed by atoms with Gasteiger partial charge in [-0.25, -0.2) is 14.0 Å². The Balaban J connectivity index is 0.000000427. The number of halogens is 1. The minimum atomic E-state index is -1.82. The summed E-state index contributed by atoms with van der Waals surface area (Å²) in [6.07, 6.45) is 6.75. The summed E-state index contributed by atoms with van der Waals surface area (Å²) >= 11 is 0. The summed E-state index contributed by atoms with van der Waals surface area (Å²) in [4.78, 5) is 20.7. The minimum Gasteiger partial charge on any atom is -0.473 e. The molecule has 4 rings (SSSR count). The fraction of sp³-hybridized carbons (Fsp3) is 0.360. The van der Waals surface area contributed by atoms with E-state index in [1.807, 2.05) is 12.1 Å². The van der Waals surface area contributed by atoms with E-state index in [0.29, 0.717) is 6.04 Å². The number of carbonyl (C=O) groups is 2. The summed E-state index contributed by atoms with van der Waals surface area (Å²) in [5, 5.41) is 16.1. The van der Waals surface area contributed by atoms with Gasteiger partial charge in [-0.05, 0) is 66.5 Å². The Morgan fingerprint density at radius 2 is 1.59 bits per heavy atom. The van der Waals surface area contributed by atoms with Crippen LogP contribution < -0.4 is 0 Å². The summed E-state index contributed by atoms with van der Waals surface area (Å²) < 4.78 is 15.5. The van der Waals surface area contributed by atoms with Gasteiger partial charge in [0.15, 0.2) is 0 Å². The van der Waals surface area contributed by atoms with Crippen molar-refractivity contribution in [1.29, 1.82) is 0 Å². The first kappa shape index (κ1) is 23.5. The number of carboxylic acid groups (broad SMARTS) is 2. The van der Waals surface area contributed by atoms with Gasteiger partial charge in [0, 0.05) is 37.4 Å². The third kappa shape index (κ3) is 6.17. The zero-order valence-corrected chi connectivity index (χ0v) is 18.2. The molecule has 0 aliphatic carbocycles. The molecule has 0 unspecified atom stereocenters. The third-order valence-electron chi connectivity index (χ3n) is 5.96. The van der Waals surface area contributed by atoms with Crippen molar-refractivity contribution in [3.05, 3.63) is 71.7 Å². The van der Waals surface area contributed by atoms with Crippen molar-refractivity contribution in [2.45, 2.75) is 38.6 Å². The first-order valence-electron chi connectivity index (χ1n) is 10.9. The fourth-order valence-electron chi connectivity index (χ4n) is 4.09. The van der Waals surface area contributed by atoms with Crippen LogP contribution in [-0.4, -0.2) is 51.3 Å². The predicted molar refractivity (Wildman–Crippen MR) is 121 cm³/mol. The van der Waals surface area contributed by atoms with E-state index in [1.54, 1.807) is 12.1 Å². The van der Waals surface area contributed by atoms with Crippen LogP contribution in [0.2, 0.25) is 0 Å². The Bertz CT molecular complexity index is 1040. The van der Waals surface area contributed by atoms with E-state index in [0.717, 1.165) is 32.5 Å². The Morgan fingerprint density at radius 3 is 2.19 bits per heavy atom. The molecule has 3 aromatic rings. The van der Waals surface area contributed by atoms with Crippen LogP contribution in [0.5, 0.6) is 0 Å². The molecule has 0 spiro atoms. The maximum absolute atomic E-state index is 13.0. The fourth-order valence-corrected chi connectivity index (χ4v) is 4.09. The number of nitrogens with zero attached hydrogens (tertiary/aromatic N) is 2. The van der Waals surface area contributed by atoms with E-state index in [1.165, 1.54) is 34.9 Å². The Kier molecular flexibility index (Phi) is 8.00. The van der Waals surface area contributed by atoms with E-state index in [2.05, 4.69) is 46.9 Å². The van der Waals surface area contributed by atoms with Gasteiger partial charge < -0.3 is 19.7 Å². The van der Waals surface area contributed by atoms with E-state index >= 15 is 0 Å². The molecule has 1 aromatic heterocycles. The Hall–Kier alpha value is -3.19. The molecule has 0 saturated carbocycles. The van der Waals surface area contributed by atoms with Crippen LogP contribution in [-0.2, 0) is 22.4 Å². The molecule has 6 nitrogen and oxygen atoms in total. The van der Waals surface area contributed by atoms with Gasteiger partial charge in [-0.3, -0.25) is 0 Å².